The van der Waals surface area contributed by atoms with Crippen LogP contribution in [0.3, 0.4) is 0 Å². The van der Waals surface area contributed by atoms with Crippen LogP contribution in [0.5, 0.6) is 0 Å². The summed E-state index contributed by atoms with van der Waals surface area (Å²) in [5, 5.41) is 12.5. The summed E-state index contributed by atoms with van der Waals surface area (Å²) in [5.41, 5.74) is 6.08. The van der Waals surface area contributed by atoms with Gasteiger partial charge >= 0.3 is 12.2 Å². The van der Waals surface area contributed by atoms with Crippen molar-refractivity contribution in [2.24, 2.45) is 0 Å². The van der Waals surface area contributed by atoms with Gasteiger partial charge in [-0.25, -0.2) is 19.6 Å². The van der Waals surface area contributed by atoms with E-state index in [9.17, 15) is 19.2 Å². The maximum absolute atomic E-state index is 11.8. The number of nitrogens with zero attached hydrogens (tertiary/aromatic N) is 2. The Balaban J connectivity index is 0.00000132. The molecule has 0 aliphatic rings. The normalized spacial score (nSPS) is 10.4. The largest absolute Gasteiger partial charge is 0.453 e. The maximum Gasteiger partial charge on any atom is 0.407 e. The van der Waals surface area contributed by atoms with E-state index in [0.29, 0.717) is 13.1 Å². The van der Waals surface area contributed by atoms with Gasteiger partial charge in [0.2, 0.25) is 11.8 Å². The highest BCUT2D eigenvalue weighted by Crippen LogP contribution is 2.33. The summed E-state index contributed by atoms with van der Waals surface area (Å²) in [7, 11) is 2.50. The standard InChI is InChI=1S/C36H42N8O6.2C3H8/c1-49-35(47)40-21-33(45)37-16-5-3-10-31-39-20-30(44-31)25-12-14-27-23(18-25)8-7-9-26(27)24-13-15-28-29(19-24)43-32(42-28)11-4-6-17-38-34(46)22-41-36(48)50-2;2*1-3-2/h7-9,12-15,18-20H,3-6,10-11,16-17,21-22H2,1-2H3,(H,37,45)(H,38,46)(H,39,44)(H,40,47)(H,41,48)(H,42,43);2*3H2,1-2H3. The summed E-state index contributed by atoms with van der Waals surface area (Å²) in [5.74, 6) is 1.26. The smallest absolute Gasteiger partial charge is 0.407 e. The minimum Gasteiger partial charge on any atom is -0.453 e. The van der Waals surface area contributed by atoms with Crippen molar-refractivity contribution in [3.05, 3.63) is 72.4 Å². The highest BCUT2D eigenvalue weighted by Gasteiger charge is 2.11. The van der Waals surface area contributed by atoms with Gasteiger partial charge in [-0.15, -0.1) is 0 Å². The number of nitrogens with one attached hydrogen (secondary N) is 6. The molecule has 14 nitrogen and oxygen atoms in total. The number of fused-ring (bicyclic) bond motifs is 2. The number of rotatable bonds is 16. The first-order valence-electron chi connectivity index (χ1n) is 19.4. The van der Waals surface area contributed by atoms with Crippen LogP contribution in [-0.4, -0.2) is 84.3 Å². The molecule has 4 amide bonds. The molecule has 0 fully saturated rings. The highest BCUT2D eigenvalue weighted by molar-refractivity contribution is 5.99. The molecule has 3 aromatic carbocycles. The summed E-state index contributed by atoms with van der Waals surface area (Å²) in [6, 6.07) is 19.0. The van der Waals surface area contributed by atoms with E-state index in [2.05, 4.69) is 122 Å². The third-order valence-electron chi connectivity index (χ3n) is 8.14. The van der Waals surface area contributed by atoms with E-state index in [1.165, 1.54) is 27.1 Å². The second-order valence-electron chi connectivity index (χ2n) is 13.1. The molecule has 6 N–H and O–H groups in total. The first-order valence-corrected chi connectivity index (χ1v) is 19.4. The number of ether oxygens (including phenoxy) is 2. The lowest BCUT2D eigenvalue weighted by atomic mass is 9.96. The summed E-state index contributed by atoms with van der Waals surface area (Å²) in [6.45, 7) is 9.30. The SMILES string of the molecule is CCC.CCC.COC(=O)NCC(=O)NCCCCc1ncc(-c2ccc3c(-c4ccc5nc(CCCCNC(=O)CNC(=O)OC)[nH]c5c4)cccc3c2)[nH]1. The highest BCUT2D eigenvalue weighted by atomic mass is 16.5. The zero-order valence-corrected chi connectivity index (χ0v) is 33.6. The first kappa shape index (κ1) is 44.5. The van der Waals surface area contributed by atoms with Gasteiger partial charge in [-0.1, -0.05) is 76.9 Å². The van der Waals surface area contributed by atoms with Crippen LogP contribution in [0.2, 0.25) is 0 Å². The van der Waals surface area contributed by atoms with Crippen molar-refractivity contribution in [2.45, 2.75) is 79.1 Å². The topological polar surface area (TPSA) is 192 Å². The maximum atomic E-state index is 11.8. The van der Waals surface area contributed by atoms with Crippen LogP contribution in [0.15, 0.2) is 60.8 Å². The fraction of sp³-hybridized carbons (Fsp3) is 0.429. The van der Waals surface area contributed by atoms with E-state index in [1.807, 2.05) is 12.3 Å². The van der Waals surface area contributed by atoms with E-state index in [1.54, 1.807) is 0 Å². The van der Waals surface area contributed by atoms with E-state index in [4.69, 9.17) is 4.98 Å². The molecule has 0 saturated carbocycles. The molecular weight excluding hydrogens is 713 g/mol. The lowest BCUT2D eigenvalue weighted by Gasteiger charge is -2.09. The summed E-state index contributed by atoms with van der Waals surface area (Å²) in [6.07, 6.45) is 7.84. The minimum atomic E-state index is -0.636. The van der Waals surface area contributed by atoms with Gasteiger partial charge < -0.3 is 40.7 Å². The van der Waals surface area contributed by atoms with Gasteiger partial charge in [0.15, 0.2) is 0 Å². The molecular formula is C42H58N8O6. The van der Waals surface area contributed by atoms with Gasteiger partial charge in [-0.05, 0) is 65.8 Å². The molecule has 302 valence electrons. The van der Waals surface area contributed by atoms with Crippen LogP contribution in [0.4, 0.5) is 9.59 Å². The van der Waals surface area contributed by atoms with Crippen molar-refractivity contribution in [3.63, 3.8) is 0 Å². The van der Waals surface area contributed by atoms with Crippen molar-refractivity contribution >= 4 is 45.8 Å². The summed E-state index contributed by atoms with van der Waals surface area (Å²) in [4.78, 5) is 61.9. The van der Waals surface area contributed by atoms with Crippen molar-refractivity contribution in [1.82, 2.24) is 41.2 Å². The number of aromatic nitrogens is 4. The Hall–Kier alpha value is -5.92. The van der Waals surface area contributed by atoms with Crippen LogP contribution in [0.25, 0.3) is 44.2 Å². The molecule has 5 rings (SSSR count). The Bertz CT molecular complexity index is 1990. The molecule has 56 heavy (non-hydrogen) atoms. The molecule has 0 radical (unpaired) electrons. The predicted octanol–water partition coefficient (Wildman–Crippen LogP) is 7.20. The zero-order valence-electron chi connectivity index (χ0n) is 33.6. The number of imidazole rings is 2. The number of aryl methyl sites for hydroxylation is 2. The Morgan fingerprint density at radius 1 is 0.661 bits per heavy atom. The van der Waals surface area contributed by atoms with E-state index in [0.717, 1.165) is 94.4 Å². The third kappa shape index (κ3) is 14.7. The molecule has 0 aliphatic heterocycles. The fourth-order valence-electron chi connectivity index (χ4n) is 5.55. The average molecular weight is 771 g/mol. The van der Waals surface area contributed by atoms with Crippen LogP contribution in [0, 0.1) is 0 Å². The zero-order chi connectivity index (χ0) is 40.7. The Morgan fingerprint density at radius 3 is 1.86 bits per heavy atom. The molecule has 0 aliphatic carbocycles. The Kier molecular flexibility index (Phi) is 19.4. The van der Waals surface area contributed by atoms with Gasteiger partial charge in [0.25, 0.3) is 0 Å². The number of benzene rings is 3. The van der Waals surface area contributed by atoms with Crippen molar-refractivity contribution in [2.75, 3.05) is 40.4 Å². The Labute approximate surface area is 329 Å². The molecule has 0 saturated heterocycles. The molecule has 0 bridgehead atoms. The monoisotopic (exact) mass is 770 g/mol. The van der Waals surface area contributed by atoms with E-state index >= 15 is 0 Å². The van der Waals surface area contributed by atoms with Gasteiger partial charge in [0, 0.05) is 31.5 Å². The number of carbonyl (C=O) groups excluding carboxylic acids is 4. The lowest BCUT2D eigenvalue weighted by Crippen LogP contribution is -2.37. The fourth-order valence-corrected chi connectivity index (χ4v) is 5.55. The first-order chi connectivity index (χ1) is 27.1. The molecule has 0 atom stereocenters. The second-order valence-corrected chi connectivity index (χ2v) is 13.1. The molecule has 5 aromatic rings. The number of hydrogen-bond acceptors (Lipinski definition) is 8. The van der Waals surface area contributed by atoms with Crippen molar-refractivity contribution in [1.29, 1.82) is 0 Å². The molecule has 0 spiro atoms. The van der Waals surface area contributed by atoms with E-state index < -0.39 is 12.2 Å². The second kappa shape index (κ2) is 24.5. The number of methoxy groups -OCH3 is 2. The van der Waals surface area contributed by atoms with Crippen molar-refractivity contribution in [3.8, 4) is 22.4 Å². The molecule has 2 aromatic heterocycles. The van der Waals surface area contributed by atoms with Crippen LogP contribution in [0.1, 0.15) is 77.9 Å². The van der Waals surface area contributed by atoms with Crippen molar-refractivity contribution < 1.29 is 28.7 Å². The number of hydrogen-bond donors (Lipinski definition) is 6. The van der Waals surface area contributed by atoms with Crippen LogP contribution in [-0.2, 0) is 31.9 Å². The number of H-pyrrole nitrogens is 2. The average Bonchev–Trinajstić information content (AvgIpc) is 3.85. The molecule has 14 heteroatoms. The summed E-state index contributed by atoms with van der Waals surface area (Å²) >= 11 is 0. The predicted molar refractivity (Wildman–Crippen MR) is 221 cm³/mol. The number of amides is 4. The van der Waals surface area contributed by atoms with Gasteiger partial charge in [0.05, 0.1) is 50.2 Å². The summed E-state index contributed by atoms with van der Waals surface area (Å²) < 4.78 is 8.91. The lowest BCUT2D eigenvalue weighted by molar-refractivity contribution is -0.120. The van der Waals surface area contributed by atoms with Crippen LogP contribution >= 0.6 is 0 Å². The van der Waals surface area contributed by atoms with Gasteiger partial charge in [-0.3, -0.25) is 9.59 Å². The van der Waals surface area contributed by atoms with Gasteiger partial charge in [-0.2, -0.15) is 0 Å². The van der Waals surface area contributed by atoms with E-state index in [-0.39, 0.29) is 24.9 Å². The van der Waals surface area contributed by atoms with Gasteiger partial charge in [0.1, 0.15) is 11.6 Å². The third-order valence-corrected chi connectivity index (χ3v) is 8.14. The molecule has 0 unspecified atom stereocenters. The number of unbranched alkanes of at least 4 members (excludes halogenated alkanes) is 2. The van der Waals surface area contributed by atoms with Crippen LogP contribution < -0.4 is 21.3 Å². The Morgan fingerprint density at radius 2 is 1.25 bits per heavy atom. The number of carbonyl (C=O) groups is 4. The molecule has 2 heterocycles. The minimum absolute atomic E-state index is 0.115. The number of alkyl carbamates (subject to hydrolysis) is 2. The quantitative estimate of drug-likeness (QED) is 0.0568. The number of aromatic amines is 2.